The molecule has 1 atom stereocenters. The second kappa shape index (κ2) is 9.61. The van der Waals surface area contributed by atoms with E-state index in [1.807, 2.05) is 12.1 Å². The maximum absolute atomic E-state index is 12.8. The number of amides is 1. The van der Waals surface area contributed by atoms with Gasteiger partial charge >= 0.3 is 0 Å². The standard InChI is InChI=1S/C25H33N3O2/c1-19-14-21(15-20-8-6-9-22(16-20)30-2)17-23(26-19)24-10-7-13-28(24)18-25(29)27-11-4-3-5-12-27/h6,8-9,14,16-17,24H,3-5,7,10-13,15,18H2,1-2H3/t24-/m0/s1. The number of likely N-dealkylation sites (tertiary alicyclic amines) is 2. The van der Waals surface area contributed by atoms with Crippen molar-refractivity contribution < 1.29 is 9.53 Å². The monoisotopic (exact) mass is 407 g/mol. The van der Waals surface area contributed by atoms with E-state index in [2.05, 4.69) is 41.0 Å². The fourth-order valence-electron chi connectivity index (χ4n) is 4.83. The van der Waals surface area contributed by atoms with E-state index in [1.165, 1.54) is 17.5 Å². The number of aryl methyl sites for hydroxylation is 1. The molecule has 0 unspecified atom stereocenters. The number of ether oxygens (including phenoxy) is 1. The van der Waals surface area contributed by atoms with Crippen LogP contribution in [0.2, 0.25) is 0 Å². The molecule has 1 aromatic carbocycles. The Balaban J connectivity index is 1.48. The summed E-state index contributed by atoms with van der Waals surface area (Å²) in [4.78, 5) is 22.1. The van der Waals surface area contributed by atoms with Crippen LogP contribution in [0.15, 0.2) is 36.4 Å². The smallest absolute Gasteiger partial charge is 0.236 e. The van der Waals surface area contributed by atoms with Gasteiger partial charge in [0.15, 0.2) is 0 Å². The lowest BCUT2D eigenvalue weighted by atomic mass is 10.0. The Labute approximate surface area is 180 Å². The summed E-state index contributed by atoms with van der Waals surface area (Å²) >= 11 is 0. The molecule has 0 radical (unpaired) electrons. The highest BCUT2D eigenvalue weighted by atomic mass is 16.5. The van der Waals surface area contributed by atoms with Gasteiger partial charge in [0, 0.05) is 18.8 Å². The first-order valence-electron chi connectivity index (χ1n) is 11.2. The summed E-state index contributed by atoms with van der Waals surface area (Å²) in [6.07, 6.45) is 6.58. The molecule has 0 saturated carbocycles. The van der Waals surface area contributed by atoms with Crippen molar-refractivity contribution in [2.45, 2.75) is 51.5 Å². The quantitative estimate of drug-likeness (QED) is 0.722. The molecule has 5 heteroatoms. The summed E-state index contributed by atoms with van der Waals surface area (Å²) in [7, 11) is 1.70. The summed E-state index contributed by atoms with van der Waals surface area (Å²) in [6, 6.07) is 12.9. The number of carbonyl (C=O) groups excluding carboxylic acids is 1. The molecule has 5 nitrogen and oxygen atoms in total. The fraction of sp³-hybridized carbons (Fsp3) is 0.520. The van der Waals surface area contributed by atoms with Gasteiger partial charge in [0.05, 0.1) is 25.4 Å². The lowest BCUT2D eigenvalue weighted by Gasteiger charge is -2.30. The number of nitrogens with zero attached hydrogens (tertiary/aromatic N) is 3. The summed E-state index contributed by atoms with van der Waals surface area (Å²) < 4.78 is 5.37. The largest absolute Gasteiger partial charge is 0.497 e. The van der Waals surface area contributed by atoms with Crippen molar-refractivity contribution in [3.05, 3.63) is 58.9 Å². The average molecular weight is 408 g/mol. The molecule has 0 bridgehead atoms. The number of pyridine rings is 1. The van der Waals surface area contributed by atoms with Crippen LogP contribution >= 0.6 is 0 Å². The SMILES string of the molecule is COc1cccc(Cc2cc(C)nc([C@@H]3CCCN3CC(=O)N3CCCCC3)c2)c1. The molecule has 0 aliphatic carbocycles. The Morgan fingerprint density at radius 2 is 1.90 bits per heavy atom. The Morgan fingerprint density at radius 3 is 2.70 bits per heavy atom. The van der Waals surface area contributed by atoms with Gasteiger partial charge in [-0.05, 0) is 87.4 Å². The number of aromatic nitrogens is 1. The van der Waals surface area contributed by atoms with E-state index in [1.54, 1.807) is 7.11 Å². The molecule has 2 aromatic rings. The lowest BCUT2D eigenvalue weighted by molar-refractivity contribution is -0.133. The number of carbonyl (C=O) groups is 1. The zero-order valence-corrected chi connectivity index (χ0v) is 18.3. The molecular weight excluding hydrogens is 374 g/mol. The molecule has 0 N–H and O–H groups in total. The van der Waals surface area contributed by atoms with Crippen LogP contribution in [0.25, 0.3) is 0 Å². The molecular formula is C25H33N3O2. The molecule has 2 aliphatic heterocycles. The average Bonchev–Trinajstić information content (AvgIpc) is 3.22. The molecule has 4 rings (SSSR count). The summed E-state index contributed by atoms with van der Waals surface area (Å²) in [6.45, 7) is 5.41. The van der Waals surface area contributed by atoms with Crippen LogP contribution in [0.4, 0.5) is 0 Å². The molecule has 1 aromatic heterocycles. The molecule has 1 amide bonds. The number of benzene rings is 1. The Morgan fingerprint density at radius 1 is 1.07 bits per heavy atom. The third-order valence-corrected chi connectivity index (χ3v) is 6.33. The molecule has 0 spiro atoms. The predicted octanol–water partition coefficient (Wildman–Crippen LogP) is 4.14. The van der Waals surface area contributed by atoms with Gasteiger partial charge < -0.3 is 9.64 Å². The molecule has 3 heterocycles. The molecule has 2 saturated heterocycles. The van der Waals surface area contributed by atoms with Gasteiger partial charge in [0.2, 0.25) is 5.91 Å². The number of methoxy groups -OCH3 is 1. The van der Waals surface area contributed by atoms with E-state index in [9.17, 15) is 4.79 Å². The van der Waals surface area contributed by atoms with E-state index >= 15 is 0 Å². The van der Waals surface area contributed by atoms with Crippen molar-refractivity contribution in [1.82, 2.24) is 14.8 Å². The second-order valence-corrected chi connectivity index (χ2v) is 8.64. The topological polar surface area (TPSA) is 45.7 Å². The zero-order valence-electron chi connectivity index (χ0n) is 18.3. The third-order valence-electron chi connectivity index (χ3n) is 6.33. The van der Waals surface area contributed by atoms with Crippen molar-refractivity contribution in [2.75, 3.05) is 33.3 Å². The van der Waals surface area contributed by atoms with Crippen LogP contribution < -0.4 is 4.74 Å². The molecule has 160 valence electrons. The minimum absolute atomic E-state index is 0.239. The number of hydrogen-bond donors (Lipinski definition) is 0. The number of piperidine rings is 1. The number of hydrogen-bond acceptors (Lipinski definition) is 4. The van der Waals surface area contributed by atoms with Crippen molar-refractivity contribution in [2.24, 2.45) is 0 Å². The second-order valence-electron chi connectivity index (χ2n) is 8.64. The molecule has 2 aliphatic rings. The van der Waals surface area contributed by atoms with Crippen molar-refractivity contribution in [1.29, 1.82) is 0 Å². The molecule has 30 heavy (non-hydrogen) atoms. The Bertz CT molecular complexity index is 876. The van der Waals surface area contributed by atoms with E-state index in [0.29, 0.717) is 6.54 Å². The first-order chi connectivity index (χ1) is 14.6. The van der Waals surface area contributed by atoms with Crippen LogP contribution in [-0.4, -0.2) is 54.0 Å². The Hall–Kier alpha value is -2.40. The lowest BCUT2D eigenvalue weighted by Crippen LogP contribution is -2.42. The van der Waals surface area contributed by atoms with E-state index < -0.39 is 0 Å². The van der Waals surface area contributed by atoms with Crippen LogP contribution in [0, 0.1) is 6.92 Å². The van der Waals surface area contributed by atoms with Crippen LogP contribution in [0.1, 0.15) is 60.7 Å². The van der Waals surface area contributed by atoms with Crippen molar-refractivity contribution >= 4 is 5.91 Å². The number of rotatable bonds is 6. The first kappa shape index (κ1) is 20.9. The normalized spacial score (nSPS) is 19.8. The van der Waals surface area contributed by atoms with Gasteiger partial charge in [-0.3, -0.25) is 14.7 Å². The summed E-state index contributed by atoms with van der Waals surface area (Å²) in [5.41, 5.74) is 4.64. The Kier molecular flexibility index (Phi) is 6.68. The van der Waals surface area contributed by atoms with Crippen molar-refractivity contribution in [3.63, 3.8) is 0 Å². The van der Waals surface area contributed by atoms with E-state index in [4.69, 9.17) is 9.72 Å². The maximum atomic E-state index is 12.8. The van der Waals surface area contributed by atoms with Crippen LogP contribution in [-0.2, 0) is 11.2 Å². The summed E-state index contributed by atoms with van der Waals surface area (Å²) in [5, 5.41) is 0. The van der Waals surface area contributed by atoms with Crippen LogP contribution in [0.3, 0.4) is 0 Å². The molecule has 2 fully saturated rings. The van der Waals surface area contributed by atoms with Gasteiger partial charge in [-0.2, -0.15) is 0 Å². The fourth-order valence-corrected chi connectivity index (χ4v) is 4.83. The van der Waals surface area contributed by atoms with Gasteiger partial charge in [-0.15, -0.1) is 0 Å². The highest BCUT2D eigenvalue weighted by molar-refractivity contribution is 5.78. The minimum Gasteiger partial charge on any atom is -0.497 e. The predicted molar refractivity (Wildman–Crippen MR) is 119 cm³/mol. The zero-order chi connectivity index (χ0) is 20.9. The summed E-state index contributed by atoms with van der Waals surface area (Å²) in [5.74, 6) is 1.17. The van der Waals surface area contributed by atoms with Gasteiger partial charge in [0.25, 0.3) is 0 Å². The van der Waals surface area contributed by atoms with E-state index in [0.717, 1.165) is 68.9 Å². The van der Waals surface area contributed by atoms with Gasteiger partial charge in [0.1, 0.15) is 5.75 Å². The highest BCUT2D eigenvalue weighted by Gasteiger charge is 2.30. The van der Waals surface area contributed by atoms with Crippen molar-refractivity contribution in [3.8, 4) is 5.75 Å². The van der Waals surface area contributed by atoms with E-state index in [-0.39, 0.29) is 11.9 Å². The van der Waals surface area contributed by atoms with Gasteiger partial charge in [-0.1, -0.05) is 12.1 Å². The van der Waals surface area contributed by atoms with Gasteiger partial charge in [-0.25, -0.2) is 0 Å². The maximum Gasteiger partial charge on any atom is 0.236 e. The third kappa shape index (κ3) is 5.01. The van der Waals surface area contributed by atoms with Crippen LogP contribution in [0.5, 0.6) is 5.75 Å². The minimum atomic E-state index is 0.239. The highest BCUT2D eigenvalue weighted by Crippen LogP contribution is 2.32. The first-order valence-corrected chi connectivity index (χ1v) is 11.2.